The molecular formula is C25H34FN6O8P. The van der Waals surface area contributed by atoms with Crippen LogP contribution in [0.5, 0.6) is 5.75 Å². The number of benzene rings is 1. The molecule has 2 fully saturated rings. The second kappa shape index (κ2) is 12.4. The van der Waals surface area contributed by atoms with Gasteiger partial charge in [0.1, 0.15) is 30.1 Å². The lowest BCUT2D eigenvalue weighted by atomic mass is 9.98. The highest BCUT2D eigenvalue weighted by atomic mass is 31.2. The molecule has 0 aromatic heterocycles. The molecule has 224 valence electrons. The van der Waals surface area contributed by atoms with Gasteiger partial charge in [-0.2, -0.15) is 5.09 Å². The van der Waals surface area contributed by atoms with Crippen LogP contribution in [0.4, 0.5) is 4.39 Å². The minimum Gasteiger partial charge on any atom is -0.461 e. The lowest BCUT2D eigenvalue weighted by Crippen LogP contribution is -2.56. The number of amides is 1. The van der Waals surface area contributed by atoms with Crippen LogP contribution >= 0.6 is 7.75 Å². The van der Waals surface area contributed by atoms with Crippen molar-refractivity contribution in [3.63, 3.8) is 0 Å². The maximum atomic E-state index is 15.3. The highest BCUT2D eigenvalue weighted by Gasteiger charge is 2.52. The van der Waals surface area contributed by atoms with Crippen molar-refractivity contribution < 1.29 is 42.2 Å². The van der Waals surface area contributed by atoms with Crippen molar-refractivity contribution in [2.75, 3.05) is 6.61 Å². The zero-order valence-corrected chi connectivity index (χ0v) is 23.3. The molecule has 1 saturated heterocycles. The maximum Gasteiger partial charge on any atom is 0.459 e. The lowest BCUT2D eigenvalue weighted by molar-refractivity contribution is -0.152. The number of aliphatic imine (C=N–C) groups is 2. The van der Waals surface area contributed by atoms with E-state index in [9.17, 15) is 19.3 Å². The molecule has 4 aliphatic rings. The third-order valence-corrected chi connectivity index (χ3v) is 8.89. The van der Waals surface area contributed by atoms with Gasteiger partial charge >= 0.3 is 13.7 Å². The monoisotopic (exact) mass is 596 g/mol. The average Bonchev–Trinajstić information content (AvgIpc) is 3.49. The molecular weight excluding hydrogens is 562 g/mol. The number of nitrogens with one attached hydrogen (secondary N) is 2. The van der Waals surface area contributed by atoms with Gasteiger partial charge in [-0.1, -0.05) is 24.6 Å². The number of rotatable bonds is 10. The molecule has 8 atom stereocenters. The fourth-order valence-electron chi connectivity index (χ4n) is 5.09. The third-order valence-electron chi connectivity index (χ3n) is 7.25. The number of halogens is 1. The molecule has 0 bridgehead atoms. The zero-order chi connectivity index (χ0) is 29.1. The summed E-state index contributed by atoms with van der Waals surface area (Å²) in [6.45, 7) is 0.907. The number of hydrogen-bond acceptors (Lipinski definition) is 12. The van der Waals surface area contributed by atoms with Crippen molar-refractivity contribution in [2.24, 2.45) is 15.7 Å². The summed E-state index contributed by atoms with van der Waals surface area (Å²) < 4.78 is 51.6. The summed E-state index contributed by atoms with van der Waals surface area (Å²) in [6, 6.07) is 6.13. The summed E-state index contributed by atoms with van der Waals surface area (Å²) in [6.07, 6.45) is -1.71. The summed E-state index contributed by atoms with van der Waals surface area (Å²) in [5, 5.41) is 15.6. The van der Waals surface area contributed by atoms with E-state index in [4.69, 9.17) is 24.3 Å². The smallest absolute Gasteiger partial charge is 0.459 e. The van der Waals surface area contributed by atoms with Crippen LogP contribution in [-0.4, -0.2) is 89.7 Å². The number of ether oxygens (including phenoxy) is 2. The minimum atomic E-state index is -4.28. The Morgan fingerprint density at radius 3 is 2.78 bits per heavy atom. The molecule has 5 rings (SSSR count). The molecule has 14 nitrogen and oxygen atoms in total. The van der Waals surface area contributed by atoms with E-state index in [1.54, 1.807) is 30.3 Å². The quantitative estimate of drug-likeness (QED) is 0.223. The van der Waals surface area contributed by atoms with Crippen molar-refractivity contribution in [3.8, 4) is 5.75 Å². The second-order valence-corrected chi connectivity index (χ2v) is 12.0. The summed E-state index contributed by atoms with van der Waals surface area (Å²) in [7, 11) is -4.28. The van der Waals surface area contributed by atoms with E-state index in [0.717, 1.165) is 32.1 Å². The topological polar surface area (TPSA) is 186 Å². The van der Waals surface area contributed by atoms with Gasteiger partial charge in [0.15, 0.2) is 30.6 Å². The lowest BCUT2D eigenvalue weighted by Gasteiger charge is -2.32. The van der Waals surface area contributed by atoms with E-state index >= 15 is 4.39 Å². The Morgan fingerprint density at radius 2 is 2.05 bits per heavy atom. The fourth-order valence-corrected chi connectivity index (χ4v) is 6.59. The number of aliphatic hydroxyl groups excluding tert-OH is 1. The first-order valence-corrected chi connectivity index (χ1v) is 15.1. The van der Waals surface area contributed by atoms with Gasteiger partial charge in [0.05, 0.1) is 12.9 Å². The Labute approximate surface area is 236 Å². The number of nitrogens with two attached hydrogens (primary N) is 1. The summed E-state index contributed by atoms with van der Waals surface area (Å²) in [4.78, 5) is 34.3. The molecule has 0 radical (unpaired) electrons. The SMILES string of the molecule is CC(NP(=O)(OCC1OC(N2C=NC3C(=O)NC(N)=NC32)C(F)C1O)Oc1ccccc1)C(=O)OC1CCCCC1. The molecule has 16 heteroatoms. The highest BCUT2D eigenvalue weighted by Crippen LogP contribution is 2.46. The molecule has 0 spiro atoms. The van der Waals surface area contributed by atoms with Gasteiger partial charge in [-0.3, -0.25) is 24.4 Å². The third kappa shape index (κ3) is 6.70. The van der Waals surface area contributed by atoms with E-state index in [-0.39, 0.29) is 17.8 Å². The van der Waals surface area contributed by atoms with Crippen LogP contribution < -0.4 is 20.7 Å². The number of fused-ring (bicyclic) bond motifs is 1. The summed E-state index contributed by atoms with van der Waals surface area (Å²) in [5.41, 5.74) is 5.65. The van der Waals surface area contributed by atoms with Crippen LogP contribution in [0, 0.1) is 0 Å². The zero-order valence-electron chi connectivity index (χ0n) is 22.4. The number of guanidine groups is 1. The molecule has 1 saturated carbocycles. The number of hydrogen-bond donors (Lipinski definition) is 4. The van der Waals surface area contributed by atoms with Crippen molar-refractivity contribution in [3.05, 3.63) is 30.3 Å². The normalized spacial score (nSPS) is 32.0. The average molecular weight is 597 g/mol. The highest BCUT2D eigenvalue weighted by molar-refractivity contribution is 7.52. The van der Waals surface area contributed by atoms with E-state index in [0.29, 0.717) is 0 Å². The number of para-hydroxylation sites is 1. The first-order valence-electron chi connectivity index (χ1n) is 13.5. The van der Waals surface area contributed by atoms with E-state index in [1.807, 2.05) is 0 Å². The van der Waals surface area contributed by atoms with Gasteiger partial charge in [-0.25, -0.2) is 13.9 Å². The molecule has 8 unspecified atom stereocenters. The molecule has 41 heavy (non-hydrogen) atoms. The number of nitrogens with zero attached hydrogens (tertiary/aromatic N) is 3. The predicted molar refractivity (Wildman–Crippen MR) is 143 cm³/mol. The van der Waals surface area contributed by atoms with Crippen LogP contribution in [0.3, 0.4) is 0 Å². The number of alkyl halides is 1. The molecule has 1 aromatic carbocycles. The van der Waals surface area contributed by atoms with Gasteiger partial charge in [-0.05, 0) is 44.7 Å². The number of aliphatic hydroxyl groups is 1. The Morgan fingerprint density at radius 1 is 1.32 bits per heavy atom. The Hall–Kier alpha value is -3.10. The minimum absolute atomic E-state index is 0.151. The fraction of sp³-hybridized carbons (Fsp3) is 0.600. The summed E-state index contributed by atoms with van der Waals surface area (Å²) >= 11 is 0. The van der Waals surface area contributed by atoms with Crippen molar-refractivity contribution >= 4 is 31.9 Å². The molecule has 3 aliphatic heterocycles. The standard InChI is InChI=1S/C25H34FN6O8P/c1-14(24(35)38-15-8-4-2-5-9-15)31-41(36,40-16-10-6-3-7-11-16)37-12-17-20(33)18(26)23(39-17)32-13-28-19-21(32)29-25(27)30-22(19)34/h3,6-7,10-11,13-15,17-21,23,33H,2,4-5,8-9,12H2,1H3,(H,31,36)(H3,27,29,30,34). The van der Waals surface area contributed by atoms with Crippen molar-refractivity contribution in [1.29, 1.82) is 0 Å². The maximum absolute atomic E-state index is 15.3. The van der Waals surface area contributed by atoms with Crippen LogP contribution in [-0.2, 0) is 28.2 Å². The predicted octanol–water partition coefficient (Wildman–Crippen LogP) is 0.951. The van der Waals surface area contributed by atoms with Crippen LogP contribution in [0.15, 0.2) is 40.3 Å². The van der Waals surface area contributed by atoms with E-state index in [1.165, 1.54) is 18.2 Å². The van der Waals surface area contributed by atoms with Crippen LogP contribution in [0.1, 0.15) is 39.0 Å². The molecule has 1 amide bonds. The van der Waals surface area contributed by atoms with Crippen LogP contribution in [0.2, 0.25) is 0 Å². The van der Waals surface area contributed by atoms with Gasteiger partial charge in [0.25, 0.3) is 5.91 Å². The number of carbonyl (C=O) groups is 2. The second-order valence-electron chi connectivity index (χ2n) is 10.3. The molecule has 1 aromatic rings. The van der Waals surface area contributed by atoms with Crippen molar-refractivity contribution in [1.82, 2.24) is 15.3 Å². The Kier molecular flexibility index (Phi) is 8.90. The largest absolute Gasteiger partial charge is 0.461 e. The Balaban J connectivity index is 1.25. The first-order chi connectivity index (χ1) is 19.6. The summed E-state index contributed by atoms with van der Waals surface area (Å²) in [5.74, 6) is -1.08. The molecule has 5 N–H and O–H groups in total. The van der Waals surface area contributed by atoms with Crippen molar-refractivity contribution in [2.45, 2.75) is 88.0 Å². The molecule has 3 heterocycles. The van der Waals surface area contributed by atoms with Crippen LogP contribution in [0.25, 0.3) is 0 Å². The first kappa shape index (κ1) is 29.4. The van der Waals surface area contributed by atoms with E-state index in [2.05, 4.69) is 20.4 Å². The van der Waals surface area contributed by atoms with Gasteiger partial charge in [0.2, 0.25) is 0 Å². The Bertz CT molecular complexity index is 1220. The molecule has 1 aliphatic carbocycles. The number of esters is 1. The van der Waals surface area contributed by atoms with E-state index < -0.39 is 69.1 Å². The van der Waals surface area contributed by atoms with Gasteiger partial charge in [0, 0.05) is 0 Å². The number of carbonyl (C=O) groups excluding carboxylic acids is 2. The van der Waals surface area contributed by atoms with Gasteiger partial charge < -0.3 is 29.7 Å². The van der Waals surface area contributed by atoms with Gasteiger partial charge in [-0.15, -0.1) is 0 Å².